The Labute approximate surface area is 89.0 Å². The number of rotatable bonds is 6. The van der Waals surface area contributed by atoms with Gasteiger partial charge in [0.15, 0.2) is 0 Å². The van der Waals surface area contributed by atoms with Gasteiger partial charge in [0.1, 0.15) is 5.88 Å². The standard InChI is InChI=1S/C9H16ClN3O/c1-7(2)4-3-5-11-9-13-12-8(6-10)14-9/h7H,3-6H2,1-2H3,(H,11,13). The van der Waals surface area contributed by atoms with Gasteiger partial charge in [0.05, 0.1) is 0 Å². The highest BCUT2D eigenvalue weighted by atomic mass is 35.5. The summed E-state index contributed by atoms with van der Waals surface area (Å²) in [4.78, 5) is 0. The van der Waals surface area contributed by atoms with E-state index in [1.165, 1.54) is 6.42 Å². The Morgan fingerprint density at radius 2 is 2.21 bits per heavy atom. The van der Waals surface area contributed by atoms with Crippen molar-refractivity contribution in [2.45, 2.75) is 32.6 Å². The van der Waals surface area contributed by atoms with Crippen molar-refractivity contribution in [2.24, 2.45) is 5.92 Å². The topological polar surface area (TPSA) is 51.0 Å². The number of aromatic nitrogens is 2. The number of hydrogen-bond donors (Lipinski definition) is 1. The smallest absolute Gasteiger partial charge is 0.315 e. The fourth-order valence-corrected chi connectivity index (χ4v) is 1.19. The molecule has 0 saturated heterocycles. The molecule has 0 fully saturated rings. The summed E-state index contributed by atoms with van der Waals surface area (Å²) in [7, 11) is 0. The van der Waals surface area contributed by atoms with E-state index in [4.69, 9.17) is 16.0 Å². The highest BCUT2D eigenvalue weighted by molar-refractivity contribution is 6.16. The molecule has 0 amide bonds. The molecule has 0 saturated carbocycles. The lowest BCUT2D eigenvalue weighted by molar-refractivity contribution is 0.518. The molecule has 80 valence electrons. The molecule has 1 aromatic rings. The zero-order chi connectivity index (χ0) is 10.4. The van der Waals surface area contributed by atoms with Crippen molar-refractivity contribution in [3.63, 3.8) is 0 Å². The van der Waals surface area contributed by atoms with Gasteiger partial charge in [0.25, 0.3) is 0 Å². The van der Waals surface area contributed by atoms with Gasteiger partial charge in [-0.3, -0.25) is 0 Å². The Bertz CT molecular complexity index is 262. The number of alkyl halides is 1. The van der Waals surface area contributed by atoms with Crippen molar-refractivity contribution in [1.29, 1.82) is 0 Å². The zero-order valence-electron chi connectivity index (χ0n) is 8.59. The lowest BCUT2D eigenvalue weighted by Gasteiger charge is -2.03. The van der Waals surface area contributed by atoms with Crippen LogP contribution in [0.15, 0.2) is 4.42 Å². The van der Waals surface area contributed by atoms with Crippen LogP contribution in [0.5, 0.6) is 0 Å². The maximum Gasteiger partial charge on any atom is 0.315 e. The molecule has 1 rings (SSSR count). The highest BCUT2D eigenvalue weighted by Gasteiger charge is 2.03. The maximum absolute atomic E-state index is 5.52. The Balaban J connectivity index is 2.18. The van der Waals surface area contributed by atoms with Crippen molar-refractivity contribution < 1.29 is 4.42 Å². The second-order valence-corrected chi connectivity index (χ2v) is 3.86. The lowest BCUT2D eigenvalue weighted by atomic mass is 10.1. The van der Waals surface area contributed by atoms with Crippen LogP contribution in [-0.4, -0.2) is 16.7 Å². The minimum absolute atomic E-state index is 0.265. The third-order valence-electron chi connectivity index (χ3n) is 1.82. The first-order valence-corrected chi connectivity index (χ1v) is 5.38. The molecule has 1 aromatic heterocycles. The molecule has 0 aliphatic heterocycles. The summed E-state index contributed by atoms with van der Waals surface area (Å²) in [6, 6.07) is 0.462. The molecule has 0 bridgehead atoms. The van der Waals surface area contributed by atoms with Crippen LogP contribution in [0.25, 0.3) is 0 Å². The molecule has 0 aromatic carbocycles. The van der Waals surface area contributed by atoms with Crippen LogP contribution in [0.4, 0.5) is 6.01 Å². The van der Waals surface area contributed by atoms with Gasteiger partial charge in [-0.15, -0.1) is 16.7 Å². The van der Waals surface area contributed by atoms with Crippen molar-refractivity contribution in [3.8, 4) is 0 Å². The third-order valence-corrected chi connectivity index (χ3v) is 2.04. The van der Waals surface area contributed by atoms with Gasteiger partial charge in [0.2, 0.25) is 5.89 Å². The molecule has 1 N–H and O–H groups in total. The SMILES string of the molecule is CC(C)CCCNc1nnc(CCl)o1. The van der Waals surface area contributed by atoms with Crippen LogP contribution in [-0.2, 0) is 5.88 Å². The van der Waals surface area contributed by atoms with Gasteiger partial charge in [-0.05, 0) is 18.8 Å². The number of nitrogens with zero attached hydrogens (tertiary/aromatic N) is 2. The molecule has 0 radical (unpaired) electrons. The maximum atomic E-state index is 5.52. The van der Waals surface area contributed by atoms with Gasteiger partial charge in [0, 0.05) is 6.54 Å². The third kappa shape index (κ3) is 3.96. The van der Waals surface area contributed by atoms with Gasteiger partial charge in [-0.2, -0.15) is 0 Å². The first kappa shape index (κ1) is 11.3. The molecule has 0 atom stereocenters. The van der Waals surface area contributed by atoms with Crippen LogP contribution in [0.3, 0.4) is 0 Å². The first-order valence-electron chi connectivity index (χ1n) is 4.84. The van der Waals surface area contributed by atoms with Crippen molar-refractivity contribution in [1.82, 2.24) is 10.2 Å². The summed E-state index contributed by atoms with van der Waals surface area (Å²) in [5, 5.41) is 10.6. The molecular weight excluding hydrogens is 202 g/mol. The predicted octanol–water partition coefficient (Wildman–Crippen LogP) is 2.66. The Morgan fingerprint density at radius 1 is 1.43 bits per heavy atom. The summed E-state index contributed by atoms with van der Waals surface area (Å²) in [5.74, 6) is 1.46. The molecule has 14 heavy (non-hydrogen) atoms. The first-order chi connectivity index (χ1) is 6.72. The molecule has 4 nitrogen and oxygen atoms in total. The minimum Gasteiger partial charge on any atom is -0.407 e. The molecule has 0 spiro atoms. The van der Waals surface area contributed by atoms with Crippen LogP contribution < -0.4 is 5.32 Å². The number of anilines is 1. The largest absolute Gasteiger partial charge is 0.407 e. The average Bonchev–Trinajstić information content (AvgIpc) is 2.60. The van der Waals surface area contributed by atoms with Crippen molar-refractivity contribution in [3.05, 3.63) is 5.89 Å². The Hall–Kier alpha value is -0.770. The second kappa shape index (κ2) is 5.86. The average molecular weight is 218 g/mol. The van der Waals surface area contributed by atoms with E-state index in [9.17, 15) is 0 Å². The van der Waals surface area contributed by atoms with Gasteiger partial charge in [-0.25, -0.2) is 0 Å². The van der Waals surface area contributed by atoms with E-state index in [2.05, 4.69) is 29.4 Å². The van der Waals surface area contributed by atoms with Gasteiger partial charge < -0.3 is 9.73 Å². The lowest BCUT2D eigenvalue weighted by Crippen LogP contribution is -2.03. The summed E-state index contributed by atoms with van der Waals surface area (Å²) in [6.45, 7) is 5.28. The van der Waals surface area contributed by atoms with Crippen molar-refractivity contribution >= 4 is 17.6 Å². The molecular formula is C9H16ClN3O. The number of halogens is 1. The van der Waals surface area contributed by atoms with E-state index < -0.39 is 0 Å². The van der Waals surface area contributed by atoms with Crippen LogP contribution in [0.2, 0.25) is 0 Å². The fraction of sp³-hybridized carbons (Fsp3) is 0.778. The van der Waals surface area contributed by atoms with Crippen LogP contribution >= 0.6 is 11.6 Å². The fourth-order valence-electron chi connectivity index (χ4n) is 1.08. The van der Waals surface area contributed by atoms with E-state index in [0.717, 1.165) is 18.9 Å². The van der Waals surface area contributed by atoms with E-state index >= 15 is 0 Å². The summed E-state index contributed by atoms with van der Waals surface area (Å²) in [6.07, 6.45) is 2.31. The number of hydrogen-bond acceptors (Lipinski definition) is 4. The van der Waals surface area contributed by atoms with Crippen LogP contribution in [0.1, 0.15) is 32.6 Å². The normalized spacial score (nSPS) is 10.9. The van der Waals surface area contributed by atoms with Crippen LogP contribution in [0, 0.1) is 5.92 Å². The zero-order valence-corrected chi connectivity index (χ0v) is 9.34. The monoisotopic (exact) mass is 217 g/mol. The Morgan fingerprint density at radius 3 is 2.79 bits per heavy atom. The molecule has 5 heteroatoms. The second-order valence-electron chi connectivity index (χ2n) is 3.60. The molecule has 0 unspecified atom stereocenters. The molecule has 1 heterocycles. The molecule has 0 aliphatic carbocycles. The predicted molar refractivity (Wildman–Crippen MR) is 56.4 cm³/mol. The summed E-state index contributed by atoms with van der Waals surface area (Å²) >= 11 is 5.52. The summed E-state index contributed by atoms with van der Waals surface area (Å²) in [5.41, 5.74) is 0. The van der Waals surface area contributed by atoms with E-state index in [1.807, 2.05) is 0 Å². The highest BCUT2D eigenvalue weighted by Crippen LogP contribution is 2.08. The van der Waals surface area contributed by atoms with E-state index in [-0.39, 0.29) is 5.88 Å². The van der Waals surface area contributed by atoms with E-state index in [1.54, 1.807) is 0 Å². The molecule has 0 aliphatic rings. The van der Waals surface area contributed by atoms with Crippen molar-refractivity contribution in [2.75, 3.05) is 11.9 Å². The van der Waals surface area contributed by atoms with Gasteiger partial charge >= 0.3 is 6.01 Å². The number of nitrogens with one attached hydrogen (secondary N) is 1. The quantitative estimate of drug-likeness (QED) is 0.588. The Kier molecular flexibility index (Phi) is 4.73. The minimum atomic E-state index is 0.265. The van der Waals surface area contributed by atoms with Gasteiger partial charge in [-0.1, -0.05) is 18.9 Å². The summed E-state index contributed by atoms with van der Waals surface area (Å²) < 4.78 is 5.17. The van der Waals surface area contributed by atoms with E-state index in [0.29, 0.717) is 11.9 Å².